The minimum atomic E-state index is -0.607. The standard InChI is InChI=1S/C68H43N/c1-4-20-44(21-5-1)46-36-39-49(40-37-46)69(48-24-8-3-9-25-48)66-64-54-30-14-19-35-60(54)67(56-31-15-10-26-50(56)51-27-11-16-32-57(51)67)62(64)43-63-65(66)55-42-47(45-22-6-2-7-23-45)38-41-61(55)68(63)58-33-17-12-28-52(58)53-29-13-18-34-59(53)68/h1-43H. The highest BCUT2D eigenvalue weighted by atomic mass is 15.1. The molecule has 0 radical (unpaired) electrons. The van der Waals surface area contributed by atoms with Crippen LogP contribution in [0.5, 0.6) is 0 Å². The second-order valence-corrected chi connectivity index (χ2v) is 19.0. The van der Waals surface area contributed by atoms with Gasteiger partial charge in [-0.05, 0) is 130 Å². The Morgan fingerprint density at radius 3 is 1.04 bits per heavy atom. The van der Waals surface area contributed by atoms with Crippen LogP contribution in [0.4, 0.5) is 17.1 Å². The maximum absolute atomic E-state index is 2.69. The Balaban J connectivity index is 1.16. The lowest BCUT2D eigenvalue weighted by Crippen LogP contribution is -2.29. The van der Waals surface area contributed by atoms with Gasteiger partial charge in [0, 0.05) is 22.5 Å². The molecule has 320 valence electrons. The lowest BCUT2D eigenvalue weighted by atomic mass is 9.67. The van der Waals surface area contributed by atoms with Crippen LogP contribution in [0.3, 0.4) is 0 Å². The lowest BCUT2D eigenvalue weighted by Gasteiger charge is -2.36. The Bertz CT molecular complexity index is 3790. The van der Waals surface area contributed by atoms with Crippen molar-refractivity contribution in [3.05, 3.63) is 305 Å². The average Bonchev–Trinajstić information content (AvgIpc) is 4.10. The Labute approximate surface area is 402 Å². The number of benzene rings is 11. The van der Waals surface area contributed by atoms with Crippen molar-refractivity contribution in [1.82, 2.24) is 0 Å². The highest BCUT2D eigenvalue weighted by Gasteiger charge is 2.58. The molecule has 15 rings (SSSR count). The fourth-order valence-electron chi connectivity index (χ4n) is 13.3. The van der Waals surface area contributed by atoms with Crippen molar-refractivity contribution in [1.29, 1.82) is 0 Å². The zero-order chi connectivity index (χ0) is 45.3. The molecule has 0 N–H and O–H groups in total. The molecule has 0 unspecified atom stereocenters. The minimum absolute atomic E-state index is 0.578. The van der Waals surface area contributed by atoms with Gasteiger partial charge in [0.15, 0.2) is 0 Å². The summed E-state index contributed by atoms with van der Waals surface area (Å²) < 4.78 is 0. The van der Waals surface area contributed by atoms with Gasteiger partial charge in [-0.3, -0.25) is 0 Å². The van der Waals surface area contributed by atoms with Gasteiger partial charge in [0.2, 0.25) is 0 Å². The summed E-state index contributed by atoms with van der Waals surface area (Å²) in [6.07, 6.45) is 0. The summed E-state index contributed by atoms with van der Waals surface area (Å²) >= 11 is 0. The maximum atomic E-state index is 2.69. The molecule has 0 aliphatic heterocycles. The number of anilines is 3. The van der Waals surface area contributed by atoms with Crippen LogP contribution in [0.15, 0.2) is 261 Å². The maximum Gasteiger partial charge on any atom is 0.0726 e. The molecule has 0 saturated carbocycles. The van der Waals surface area contributed by atoms with E-state index in [1.165, 1.54) is 117 Å². The zero-order valence-corrected chi connectivity index (χ0v) is 37.8. The fourth-order valence-corrected chi connectivity index (χ4v) is 13.3. The van der Waals surface area contributed by atoms with Gasteiger partial charge < -0.3 is 4.90 Å². The highest BCUT2D eigenvalue weighted by Crippen LogP contribution is 2.71. The van der Waals surface area contributed by atoms with Crippen LogP contribution in [-0.2, 0) is 10.8 Å². The molecule has 0 fully saturated rings. The third-order valence-electron chi connectivity index (χ3n) is 15.9. The Morgan fingerprint density at radius 2 is 0.551 bits per heavy atom. The van der Waals surface area contributed by atoms with E-state index in [1.54, 1.807) is 0 Å². The molecule has 11 aromatic rings. The van der Waals surface area contributed by atoms with E-state index in [0.29, 0.717) is 0 Å². The largest absolute Gasteiger partial charge is 0.309 e. The van der Waals surface area contributed by atoms with Crippen molar-refractivity contribution < 1.29 is 0 Å². The molecule has 2 spiro atoms. The molecule has 1 nitrogen and oxygen atoms in total. The van der Waals surface area contributed by atoms with Gasteiger partial charge in [-0.15, -0.1) is 0 Å². The zero-order valence-electron chi connectivity index (χ0n) is 37.8. The van der Waals surface area contributed by atoms with E-state index < -0.39 is 10.8 Å². The predicted molar refractivity (Wildman–Crippen MR) is 285 cm³/mol. The lowest BCUT2D eigenvalue weighted by molar-refractivity contribution is 0.768. The minimum Gasteiger partial charge on any atom is -0.309 e. The summed E-state index contributed by atoms with van der Waals surface area (Å²) in [5.41, 5.74) is 28.0. The molecule has 0 amide bonds. The number of hydrogen-bond donors (Lipinski definition) is 0. The Morgan fingerprint density at radius 1 is 0.217 bits per heavy atom. The van der Waals surface area contributed by atoms with E-state index in [-0.39, 0.29) is 0 Å². The van der Waals surface area contributed by atoms with Crippen LogP contribution in [0.1, 0.15) is 44.5 Å². The van der Waals surface area contributed by atoms with Gasteiger partial charge in [-0.2, -0.15) is 0 Å². The molecular formula is C68H43N. The van der Waals surface area contributed by atoms with E-state index in [2.05, 4.69) is 266 Å². The first kappa shape index (κ1) is 38.3. The van der Waals surface area contributed by atoms with Crippen molar-refractivity contribution in [3.63, 3.8) is 0 Å². The van der Waals surface area contributed by atoms with Crippen LogP contribution in [0.2, 0.25) is 0 Å². The van der Waals surface area contributed by atoms with Crippen LogP contribution in [0, 0.1) is 0 Å². The van der Waals surface area contributed by atoms with Gasteiger partial charge in [0.25, 0.3) is 0 Å². The molecule has 4 aliphatic rings. The van der Waals surface area contributed by atoms with Crippen molar-refractivity contribution in [2.45, 2.75) is 10.8 Å². The number of hydrogen-bond acceptors (Lipinski definition) is 1. The molecule has 0 bridgehead atoms. The molecule has 11 aromatic carbocycles. The van der Waals surface area contributed by atoms with Gasteiger partial charge in [0.1, 0.15) is 0 Å². The predicted octanol–water partition coefficient (Wildman–Crippen LogP) is 17.2. The molecule has 69 heavy (non-hydrogen) atoms. The van der Waals surface area contributed by atoms with Gasteiger partial charge in [0.05, 0.1) is 16.5 Å². The summed E-state index contributed by atoms with van der Waals surface area (Å²) in [5.74, 6) is 0. The topological polar surface area (TPSA) is 3.24 Å². The molecule has 0 atom stereocenters. The normalized spacial score (nSPS) is 14.0. The number of fused-ring (bicyclic) bond motifs is 20. The van der Waals surface area contributed by atoms with E-state index in [9.17, 15) is 0 Å². The van der Waals surface area contributed by atoms with E-state index in [0.717, 1.165) is 11.4 Å². The van der Waals surface area contributed by atoms with Crippen LogP contribution in [0.25, 0.3) is 66.8 Å². The Hall–Kier alpha value is -8.78. The SMILES string of the molecule is c1ccc(-c2ccc(N(c3ccccc3)c3c4c(cc5c3-c3cc(-c6ccccc6)ccc3C53c5ccccc5-c5ccccc53)C3(c5ccccc5-c5ccccc53)c3ccccc3-4)cc2)cc1. The first-order valence-electron chi connectivity index (χ1n) is 24.2. The molecule has 0 heterocycles. The van der Waals surface area contributed by atoms with Crippen molar-refractivity contribution in [2.75, 3.05) is 4.90 Å². The summed E-state index contributed by atoms with van der Waals surface area (Å²) in [4.78, 5) is 2.60. The first-order chi connectivity index (χ1) is 34.3. The molecular weight excluding hydrogens is 831 g/mol. The molecule has 1 heteroatoms. The van der Waals surface area contributed by atoms with Gasteiger partial charge in [-0.25, -0.2) is 0 Å². The van der Waals surface area contributed by atoms with Crippen LogP contribution in [-0.4, -0.2) is 0 Å². The van der Waals surface area contributed by atoms with Crippen molar-refractivity contribution in [3.8, 4) is 66.8 Å². The number of para-hydroxylation sites is 1. The average molecular weight is 874 g/mol. The van der Waals surface area contributed by atoms with E-state index in [1.807, 2.05) is 0 Å². The number of rotatable bonds is 5. The second-order valence-electron chi connectivity index (χ2n) is 19.0. The third kappa shape index (κ3) is 4.98. The van der Waals surface area contributed by atoms with Crippen molar-refractivity contribution >= 4 is 17.1 Å². The van der Waals surface area contributed by atoms with Crippen LogP contribution >= 0.6 is 0 Å². The fraction of sp³-hybridized carbons (Fsp3) is 0.0294. The summed E-state index contributed by atoms with van der Waals surface area (Å²) in [6, 6.07) is 98.3. The smallest absolute Gasteiger partial charge is 0.0726 e. The van der Waals surface area contributed by atoms with Gasteiger partial charge in [-0.1, -0.05) is 231 Å². The monoisotopic (exact) mass is 873 g/mol. The quantitative estimate of drug-likeness (QED) is 0.167. The first-order valence-corrected chi connectivity index (χ1v) is 24.2. The van der Waals surface area contributed by atoms with E-state index >= 15 is 0 Å². The van der Waals surface area contributed by atoms with Crippen LogP contribution < -0.4 is 4.90 Å². The van der Waals surface area contributed by atoms with Gasteiger partial charge >= 0.3 is 0 Å². The second kappa shape index (κ2) is 14.4. The molecule has 0 saturated heterocycles. The highest BCUT2D eigenvalue weighted by molar-refractivity contribution is 6.11. The summed E-state index contributed by atoms with van der Waals surface area (Å²) in [5, 5.41) is 0. The molecule has 0 aromatic heterocycles. The number of nitrogens with zero attached hydrogens (tertiary/aromatic N) is 1. The summed E-state index contributed by atoms with van der Waals surface area (Å²) in [7, 11) is 0. The Kier molecular flexibility index (Phi) is 7.98. The third-order valence-corrected chi connectivity index (χ3v) is 15.9. The molecule has 4 aliphatic carbocycles. The summed E-state index contributed by atoms with van der Waals surface area (Å²) in [6.45, 7) is 0. The van der Waals surface area contributed by atoms with E-state index in [4.69, 9.17) is 0 Å². The van der Waals surface area contributed by atoms with Crippen molar-refractivity contribution in [2.24, 2.45) is 0 Å².